The van der Waals surface area contributed by atoms with E-state index in [2.05, 4.69) is 5.32 Å². The molecule has 7 heteroatoms. The number of nitriles is 1. The molecule has 0 radical (unpaired) electrons. The molecule has 0 aliphatic heterocycles. The first-order valence-corrected chi connectivity index (χ1v) is 9.60. The topological polar surface area (TPSA) is 82.3 Å². The van der Waals surface area contributed by atoms with Gasteiger partial charge in [-0.25, -0.2) is 13.6 Å². The number of ether oxygens (including phenoxy) is 1. The second-order valence-electron chi connectivity index (χ2n) is 6.87. The summed E-state index contributed by atoms with van der Waals surface area (Å²) in [6.45, 7) is 1.89. The van der Waals surface area contributed by atoms with Crippen LogP contribution in [-0.4, -0.2) is 11.1 Å². The van der Waals surface area contributed by atoms with Gasteiger partial charge in [0.2, 0.25) is 0 Å². The van der Waals surface area contributed by atoms with Gasteiger partial charge in [-0.3, -0.25) is 0 Å². The third-order valence-corrected chi connectivity index (χ3v) is 4.74. The predicted octanol–water partition coefficient (Wildman–Crippen LogP) is 5.22. The first-order valence-electron chi connectivity index (χ1n) is 9.60. The van der Waals surface area contributed by atoms with Gasteiger partial charge in [-0.2, -0.15) is 5.26 Å². The molecule has 0 saturated heterocycles. The molecular weight excluding hydrogens is 402 g/mol. The van der Waals surface area contributed by atoms with Crippen LogP contribution in [0.5, 0.6) is 5.75 Å². The van der Waals surface area contributed by atoms with Gasteiger partial charge in [0.25, 0.3) is 0 Å². The highest BCUT2D eigenvalue weighted by Crippen LogP contribution is 2.31. The zero-order valence-corrected chi connectivity index (χ0v) is 16.7. The quantitative estimate of drug-likeness (QED) is 0.520. The summed E-state index contributed by atoms with van der Waals surface area (Å²) in [5, 5.41) is 21.8. The van der Waals surface area contributed by atoms with Crippen molar-refractivity contribution in [3.63, 3.8) is 0 Å². The number of carboxylic acids is 1. The van der Waals surface area contributed by atoms with E-state index in [0.717, 1.165) is 17.7 Å². The van der Waals surface area contributed by atoms with Gasteiger partial charge in [0.15, 0.2) is 17.7 Å². The standard InChI is InChI=1S/C24H20F2N2O3/c1-2-15-6-10-22(31-14-17-5-9-20(25)21(26)12-17)19(11-15)23(24(29)30)28-18-7-3-16(13-27)4-8-18/h3-12,23,28H,2,14H2,1H3,(H,29,30). The zero-order valence-electron chi connectivity index (χ0n) is 16.7. The van der Waals surface area contributed by atoms with E-state index in [0.29, 0.717) is 34.5 Å². The molecule has 0 spiro atoms. The first kappa shape index (κ1) is 21.8. The monoisotopic (exact) mass is 422 g/mol. The second-order valence-corrected chi connectivity index (χ2v) is 6.87. The number of hydrogen-bond acceptors (Lipinski definition) is 4. The molecular formula is C24H20F2N2O3. The summed E-state index contributed by atoms with van der Waals surface area (Å²) in [5.74, 6) is -2.73. The summed E-state index contributed by atoms with van der Waals surface area (Å²) >= 11 is 0. The molecule has 0 bridgehead atoms. The highest BCUT2D eigenvalue weighted by molar-refractivity contribution is 5.80. The highest BCUT2D eigenvalue weighted by atomic mass is 19.2. The van der Waals surface area contributed by atoms with Gasteiger partial charge in [0.1, 0.15) is 12.4 Å². The van der Waals surface area contributed by atoms with Crippen molar-refractivity contribution in [2.45, 2.75) is 26.0 Å². The minimum absolute atomic E-state index is 0.0567. The number of nitrogens with one attached hydrogen (secondary N) is 1. The summed E-state index contributed by atoms with van der Waals surface area (Å²) in [6, 6.07) is 16.0. The first-order chi connectivity index (χ1) is 14.9. The number of aliphatic carboxylic acids is 1. The average Bonchev–Trinajstić information content (AvgIpc) is 2.78. The lowest BCUT2D eigenvalue weighted by atomic mass is 10.0. The number of carbonyl (C=O) groups is 1. The number of benzene rings is 3. The van der Waals surface area contributed by atoms with Crippen molar-refractivity contribution in [2.24, 2.45) is 0 Å². The third kappa shape index (κ3) is 5.37. The number of carboxylic acid groups (broad SMARTS) is 1. The van der Waals surface area contributed by atoms with E-state index < -0.39 is 23.6 Å². The average molecular weight is 422 g/mol. The van der Waals surface area contributed by atoms with Crippen LogP contribution in [0.25, 0.3) is 0 Å². The molecule has 1 atom stereocenters. The molecule has 3 rings (SSSR count). The van der Waals surface area contributed by atoms with E-state index in [-0.39, 0.29) is 6.61 Å². The fourth-order valence-electron chi connectivity index (χ4n) is 3.05. The molecule has 3 aromatic carbocycles. The Bertz CT molecular complexity index is 1120. The second kappa shape index (κ2) is 9.72. The molecule has 31 heavy (non-hydrogen) atoms. The lowest BCUT2D eigenvalue weighted by Gasteiger charge is -2.21. The normalized spacial score (nSPS) is 11.4. The SMILES string of the molecule is CCc1ccc(OCc2ccc(F)c(F)c2)c(C(Nc2ccc(C#N)cc2)C(=O)O)c1. The number of rotatable bonds is 8. The summed E-state index contributed by atoms with van der Waals surface area (Å²) < 4.78 is 32.4. The molecule has 0 fully saturated rings. The van der Waals surface area contributed by atoms with Crippen LogP contribution < -0.4 is 10.1 Å². The van der Waals surface area contributed by atoms with Crippen molar-refractivity contribution in [2.75, 3.05) is 5.32 Å². The molecule has 0 saturated carbocycles. The van der Waals surface area contributed by atoms with Gasteiger partial charge < -0.3 is 15.2 Å². The predicted molar refractivity (Wildman–Crippen MR) is 112 cm³/mol. The molecule has 0 aliphatic carbocycles. The molecule has 0 heterocycles. The van der Waals surface area contributed by atoms with Crippen LogP contribution in [0.15, 0.2) is 60.7 Å². The summed E-state index contributed by atoms with van der Waals surface area (Å²) in [7, 11) is 0. The molecule has 0 amide bonds. The lowest BCUT2D eigenvalue weighted by Crippen LogP contribution is -2.21. The fourth-order valence-corrected chi connectivity index (χ4v) is 3.05. The Morgan fingerprint density at radius 1 is 1.06 bits per heavy atom. The van der Waals surface area contributed by atoms with Crippen molar-refractivity contribution in [1.82, 2.24) is 0 Å². The molecule has 1 unspecified atom stereocenters. The molecule has 0 aliphatic rings. The van der Waals surface area contributed by atoms with Crippen molar-refractivity contribution < 1.29 is 23.4 Å². The molecule has 158 valence electrons. The fraction of sp³-hybridized carbons (Fsp3) is 0.167. The van der Waals surface area contributed by atoms with Gasteiger partial charge in [-0.15, -0.1) is 0 Å². The van der Waals surface area contributed by atoms with Crippen LogP contribution in [0.2, 0.25) is 0 Å². The lowest BCUT2D eigenvalue weighted by molar-refractivity contribution is -0.138. The number of nitrogens with zero attached hydrogens (tertiary/aromatic N) is 1. The van der Waals surface area contributed by atoms with Crippen LogP contribution in [0.3, 0.4) is 0 Å². The maximum Gasteiger partial charge on any atom is 0.330 e. The smallest absolute Gasteiger partial charge is 0.330 e. The van der Waals surface area contributed by atoms with Gasteiger partial charge in [-0.1, -0.05) is 19.1 Å². The number of hydrogen-bond donors (Lipinski definition) is 2. The van der Waals surface area contributed by atoms with Gasteiger partial charge >= 0.3 is 5.97 Å². The van der Waals surface area contributed by atoms with E-state index >= 15 is 0 Å². The summed E-state index contributed by atoms with van der Waals surface area (Å²) in [5.41, 5.74) is 2.72. The molecule has 2 N–H and O–H groups in total. The number of anilines is 1. The molecule has 0 aromatic heterocycles. The van der Waals surface area contributed by atoms with Crippen LogP contribution >= 0.6 is 0 Å². The van der Waals surface area contributed by atoms with Crippen LogP contribution in [0.1, 0.15) is 35.2 Å². The van der Waals surface area contributed by atoms with E-state index in [9.17, 15) is 18.7 Å². The summed E-state index contributed by atoms with van der Waals surface area (Å²) in [4.78, 5) is 12.1. The van der Waals surface area contributed by atoms with Gasteiger partial charge in [-0.05, 0) is 66.1 Å². The largest absolute Gasteiger partial charge is 0.489 e. The minimum atomic E-state index is -1.13. The zero-order chi connectivity index (χ0) is 22.4. The van der Waals surface area contributed by atoms with E-state index in [1.54, 1.807) is 36.4 Å². The minimum Gasteiger partial charge on any atom is -0.489 e. The Kier molecular flexibility index (Phi) is 6.83. The Hall–Kier alpha value is -3.92. The van der Waals surface area contributed by atoms with Crippen molar-refractivity contribution in [3.05, 3.63) is 94.6 Å². The Morgan fingerprint density at radius 3 is 2.39 bits per heavy atom. The van der Waals surface area contributed by atoms with Gasteiger partial charge in [0.05, 0.1) is 11.6 Å². The maximum atomic E-state index is 13.5. The van der Waals surface area contributed by atoms with Crippen molar-refractivity contribution >= 4 is 11.7 Å². The summed E-state index contributed by atoms with van der Waals surface area (Å²) in [6.07, 6.45) is 0.694. The third-order valence-electron chi connectivity index (χ3n) is 4.74. The van der Waals surface area contributed by atoms with E-state index in [1.807, 2.05) is 19.1 Å². The van der Waals surface area contributed by atoms with Gasteiger partial charge in [0, 0.05) is 11.3 Å². The van der Waals surface area contributed by atoms with Crippen molar-refractivity contribution in [3.8, 4) is 11.8 Å². The van der Waals surface area contributed by atoms with Crippen LogP contribution in [-0.2, 0) is 17.8 Å². The Morgan fingerprint density at radius 2 is 1.77 bits per heavy atom. The van der Waals surface area contributed by atoms with E-state index in [1.165, 1.54) is 6.07 Å². The maximum absolute atomic E-state index is 13.5. The number of aryl methyl sites for hydroxylation is 1. The number of halogens is 2. The Labute approximate surface area is 178 Å². The Balaban J connectivity index is 1.90. The highest BCUT2D eigenvalue weighted by Gasteiger charge is 2.24. The molecule has 5 nitrogen and oxygen atoms in total. The molecule has 3 aromatic rings. The van der Waals surface area contributed by atoms with E-state index in [4.69, 9.17) is 10.00 Å². The van der Waals surface area contributed by atoms with Crippen molar-refractivity contribution in [1.29, 1.82) is 5.26 Å². The van der Waals surface area contributed by atoms with Crippen LogP contribution in [0.4, 0.5) is 14.5 Å². The van der Waals surface area contributed by atoms with Crippen LogP contribution in [0, 0.1) is 23.0 Å².